The predicted octanol–water partition coefficient (Wildman–Crippen LogP) is 7.34. The Kier molecular flexibility index (Phi) is 4.59. The number of rotatable bonds is 3. The molecule has 0 aliphatic rings. The molecule has 0 amide bonds. The summed E-state index contributed by atoms with van der Waals surface area (Å²) in [4.78, 5) is 8.92. The SMILES string of the molecule is Cc1ccc(S(=O)(=O)n2c(C)c(-c3nc4c5ccccc5c5ccccc5c4[nH]3)c3ccccc32)cc1. The van der Waals surface area contributed by atoms with Crippen molar-refractivity contribution in [2.24, 2.45) is 0 Å². The van der Waals surface area contributed by atoms with E-state index >= 15 is 0 Å². The zero-order valence-corrected chi connectivity index (χ0v) is 21.2. The van der Waals surface area contributed by atoms with Crippen LogP contribution >= 0.6 is 0 Å². The fourth-order valence-electron chi connectivity index (χ4n) is 5.51. The number of hydrogen-bond donors (Lipinski definition) is 1. The maximum Gasteiger partial charge on any atom is 0.268 e. The van der Waals surface area contributed by atoms with Crippen LogP contribution in [0.4, 0.5) is 0 Å². The van der Waals surface area contributed by atoms with Crippen LogP contribution in [-0.4, -0.2) is 22.4 Å². The third-order valence-corrected chi connectivity index (χ3v) is 9.05. The number of para-hydroxylation sites is 1. The van der Waals surface area contributed by atoms with Gasteiger partial charge in [-0.15, -0.1) is 0 Å². The second-order valence-corrected chi connectivity index (χ2v) is 11.2. The average Bonchev–Trinajstić information content (AvgIpc) is 3.48. The van der Waals surface area contributed by atoms with Gasteiger partial charge in [0.1, 0.15) is 5.82 Å². The van der Waals surface area contributed by atoms with Crippen molar-refractivity contribution >= 4 is 53.5 Å². The van der Waals surface area contributed by atoms with Crippen molar-refractivity contribution in [3.8, 4) is 11.4 Å². The maximum atomic E-state index is 13.9. The van der Waals surface area contributed by atoms with Gasteiger partial charge in [-0.3, -0.25) is 0 Å². The Morgan fingerprint density at radius 3 is 1.95 bits per heavy atom. The molecule has 0 spiro atoms. The summed E-state index contributed by atoms with van der Waals surface area (Å²) in [6.45, 7) is 3.80. The molecule has 2 heterocycles. The molecule has 0 bridgehead atoms. The third kappa shape index (κ3) is 3.09. The second kappa shape index (κ2) is 7.79. The van der Waals surface area contributed by atoms with Crippen molar-refractivity contribution in [2.75, 3.05) is 0 Å². The summed E-state index contributed by atoms with van der Waals surface area (Å²) in [7, 11) is -3.82. The lowest BCUT2D eigenvalue weighted by Crippen LogP contribution is -2.14. The number of nitrogens with zero attached hydrogens (tertiary/aromatic N) is 2. The number of fused-ring (bicyclic) bond motifs is 7. The Labute approximate surface area is 214 Å². The summed E-state index contributed by atoms with van der Waals surface area (Å²) >= 11 is 0. The first-order chi connectivity index (χ1) is 17.9. The van der Waals surface area contributed by atoms with Crippen molar-refractivity contribution in [1.82, 2.24) is 13.9 Å². The van der Waals surface area contributed by atoms with E-state index < -0.39 is 10.0 Å². The van der Waals surface area contributed by atoms with Crippen molar-refractivity contribution in [3.05, 3.63) is 108 Å². The Bertz CT molecular complexity index is 2050. The molecule has 7 aromatic rings. The van der Waals surface area contributed by atoms with Crippen LogP contribution in [0.1, 0.15) is 11.3 Å². The topological polar surface area (TPSA) is 67.8 Å². The van der Waals surface area contributed by atoms with E-state index in [2.05, 4.69) is 29.2 Å². The fraction of sp³-hybridized carbons (Fsp3) is 0.0645. The molecule has 0 atom stereocenters. The van der Waals surface area contributed by atoms with Crippen molar-refractivity contribution in [3.63, 3.8) is 0 Å². The molecule has 5 aromatic carbocycles. The van der Waals surface area contributed by atoms with E-state index in [4.69, 9.17) is 4.98 Å². The van der Waals surface area contributed by atoms with Gasteiger partial charge in [0, 0.05) is 27.4 Å². The van der Waals surface area contributed by atoms with Gasteiger partial charge in [-0.2, -0.15) is 0 Å². The van der Waals surface area contributed by atoms with Crippen molar-refractivity contribution in [2.45, 2.75) is 18.7 Å². The smallest absolute Gasteiger partial charge is 0.268 e. The highest BCUT2D eigenvalue weighted by Crippen LogP contribution is 2.39. The standard InChI is InChI=1S/C31H23N3O2S/c1-19-15-17-21(18-16-19)37(35,36)34-20(2)28(26-13-7-8-14-27(26)34)31-32-29-24-11-5-3-9-22(24)23-10-4-6-12-25(23)30(29)33-31/h3-18H,1-2H3,(H,32,33). The Morgan fingerprint density at radius 2 is 1.24 bits per heavy atom. The van der Waals surface area contributed by atoms with Crippen molar-refractivity contribution in [1.29, 1.82) is 0 Å². The summed E-state index contributed by atoms with van der Waals surface area (Å²) in [5, 5.41) is 5.28. The number of aryl methyl sites for hydroxylation is 1. The minimum atomic E-state index is -3.82. The van der Waals surface area contributed by atoms with Gasteiger partial charge in [-0.25, -0.2) is 17.4 Å². The Balaban J connectivity index is 1.57. The zero-order valence-electron chi connectivity index (χ0n) is 20.4. The van der Waals surface area contributed by atoms with E-state index in [1.165, 1.54) is 3.97 Å². The van der Waals surface area contributed by atoms with Crippen LogP contribution < -0.4 is 0 Å². The van der Waals surface area contributed by atoms with Gasteiger partial charge < -0.3 is 4.98 Å². The molecule has 5 nitrogen and oxygen atoms in total. The van der Waals surface area contributed by atoms with E-state index in [9.17, 15) is 8.42 Å². The van der Waals surface area contributed by atoms with Gasteiger partial charge in [0.15, 0.2) is 0 Å². The molecule has 0 saturated heterocycles. The lowest BCUT2D eigenvalue weighted by Gasteiger charge is -2.10. The molecular weight excluding hydrogens is 478 g/mol. The summed E-state index contributed by atoms with van der Waals surface area (Å²) in [5.41, 5.74) is 4.87. The molecule has 37 heavy (non-hydrogen) atoms. The number of aromatic nitrogens is 3. The highest BCUT2D eigenvalue weighted by atomic mass is 32.2. The largest absolute Gasteiger partial charge is 0.337 e. The lowest BCUT2D eigenvalue weighted by molar-refractivity contribution is 0.588. The fourth-order valence-corrected chi connectivity index (χ4v) is 7.07. The Morgan fingerprint density at radius 1 is 0.676 bits per heavy atom. The molecule has 0 aliphatic carbocycles. The molecule has 0 radical (unpaired) electrons. The van der Waals surface area contributed by atoms with Crippen LogP contribution in [0, 0.1) is 13.8 Å². The normalized spacial score (nSPS) is 12.3. The molecule has 6 heteroatoms. The molecule has 180 valence electrons. The number of H-pyrrole nitrogens is 1. The lowest BCUT2D eigenvalue weighted by atomic mass is 10.0. The monoisotopic (exact) mass is 501 g/mol. The van der Waals surface area contributed by atoms with Gasteiger partial charge >= 0.3 is 0 Å². The van der Waals surface area contributed by atoms with Crippen LogP contribution in [0.2, 0.25) is 0 Å². The number of benzene rings is 5. The van der Waals surface area contributed by atoms with Gasteiger partial charge in [0.25, 0.3) is 10.0 Å². The highest BCUT2D eigenvalue weighted by molar-refractivity contribution is 7.90. The first kappa shape index (κ1) is 21.8. The minimum Gasteiger partial charge on any atom is -0.337 e. The van der Waals surface area contributed by atoms with E-state index in [0.717, 1.165) is 49.1 Å². The second-order valence-electron chi connectivity index (χ2n) is 9.46. The molecule has 2 aromatic heterocycles. The van der Waals surface area contributed by atoms with Crippen LogP contribution in [0.15, 0.2) is 102 Å². The average molecular weight is 502 g/mol. The summed E-state index contributed by atoms with van der Waals surface area (Å²) in [5.74, 6) is 0.656. The quantitative estimate of drug-likeness (QED) is 0.258. The van der Waals surface area contributed by atoms with Crippen molar-refractivity contribution < 1.29 is 8.42 Å². The third-order valence-electron chi connectivity index (χ3n) is 7.23. The molecule has 0 unspecified atom stereocenters. The molecule has 0 fully saturated rings. The predicted molar refractivity (Wildman–Crippen MR) is 151 cm³/mol. The molecule has 0 aliphatic heterocycles. The van der Waals surface area contributed by atoms with E-state index in [1.807, 2.05) is 74.5 Å². The van der Waals surface area contributed by atoms with Gasteiger partial charge in [0.05, 0.1) is 21.4 Å². The van der Waals surface area contributed by atoms with E-state index in [1.54, 1.807) is 12.1 Å². The van der Waals surface area contributed by atoms with Crippen LogP contribution in [0.25, 0.3) is 54.9 Å². The number of imidazole rings is 1. The van der Waals surface area contributed by atoms with Crippen LogP contribution in [-0.2, 0) is 10.0 Å². The number of aromatic amines is 1. The van der Waals surface area contributed by atoms with Gasteiger partial charge in [0.2, 0.25) is 0 Å². The summed E-state index contributed by atoms with van der Waals surface area (Å²) in [6, 6.07) is 31.2. The van der Waals surface area contributed by atoms with Crippen LogP contribution in [0.3, 0.4) is 0 Å². The first-order valence-electron chi connectivity index (χ1n) is 12.2. The van der Waals surface area contributed by atoms with E-state index in [-0.39, 0.29) is 4.90 Å². The number of nitrogens with one attached hydrogen (secondary N) is 1. The molecule has 1 N–H and O–H groups in total. The molecular formula is C31H23N3O2S. The van der Waals surface area contributed by atoms with E-state index in [0.29, 0.717) is 17.0 Å². The number of hydrogen-bond acceptors (Lipinski definition) is 3. The zero-order chi connectivity index (χ0) is 25.3. The Hall–Kier alpha value is -4.42. The van der Waals surface area contributed by atoms with Gasteiger partial charge in [-0.05, 0) is 42.8 Å². The van der Waals surface area contributed by atoms with Gasteiger partial charge in [-0.1, -0.05) is 84.4 Å². The summed E-state index contributed by atoms with van der Waals surface area (Å²) in [6.07, 6.45) is 0. The highest BCUT2D eigenvalue weighted by Gasteiger charge is 2.27. The first-order valence-corrected chi connectivity index (χ1v) is 13.6. The molecule has 7 rings (SSSR count). The minimum absolute atomic E-state index is 0.259. The van der Waals surface area contributed by atoms with Crippen LogP contribution in [0.5, 0.6) is 0 Å². The summed E-state index contributed by atoms with van der Waals surface area (Å²) < 4.78 is 29.2. The maximum absolute atomic E-state index is 13.9. The molecule has 0 saturated carbocycles.